The molecule has 5 heteroatoms. The van der Waals surface area contributed by atoms with Crippen molar-refractivity contribution in [3.8, 4) is 0 Å². The first-order valence-corrected chi connectivity index (χ1v) is 7.02. The second kappa shape index (κ2) is 7.73. The summed E-state index contributed by atoms with van der Waals surface area (Å²) in [6, 6.07) is 5.29. The first-order valence-electron chi connectivity index (χ1n) is 6.26. The smallest absolute Gasteiger partial charge is 0.223 e. The van der Waals surface area contributed by atoms with Crippen molar-refractivity contribution in [2.24, 2.45) is 5.92 Å². The van der Waals surface area contributed by atoms with Crippen LogP contribution in [0.15, 0.2) is 18.2 Å². The van der Waals surface area contributed by atoms with Crippen LogP contribution in [0.5, 0.6) is 0 Å². The van der Waals surface area contributed by atoms with Crippen LogP contribution in [0, 0.1) is 5.92 Å². The summed E-state index contributed by atoms with van der Waals surface area (Å²) in [5, 5.41) is 10.0. The molecule has 1 aromatic rings. The van der Waals surface area contributed by atoms with Gasteiger partial charge in [0.25, 0.3) is 0 Å². The summed E-state index contributed by atoms with van der Waals surface area (Å²) in [4.78, 5) is 13.7. The van der Waals surface area contributed by atoms with E-state index < -0.39 is 0 Å². The third kappa shape index (κ3) is 5.39. The Kier molecular flexibility index (Phi) is 6.63. The van der Waals surface area contributed by atoms with Crippen molar-refractivity contribution in [3.63, 3.8) is 0 Å². The lowest BCUT2D eigenvalue weighted by Crippen LogP contribution is -2.33. The lowest BCUT2D eigenvalue weighted by atomic mass is 10.1. The van der Waals surface area contributed by atoms with Gasteiger partial charge in [0, 0.05) is 19.5 Å². The van der Waals surface area contributed by atoms with E-state index in [2.05, 4.69) is 0 Å². The van der Waals surface area contributed by atoms with Gasteiger partial charge in [-0.25, -0.2) is 0 Å². The average Bonchev–Trinajstić information content (AvgIpc) is 2.32. The highest BCUT2D eigenvalue weighted by Crippen LogP contribution is 2.23. The quantitative estimate of drug-likeness (QED) is 0.875. The van der Waals surface area contributed by atoms with Crippen molar-refractivity contribution in [2.45, 2.75) is 26.8 Å². The molecule has 0 atom stereocenters. The highest BCUT2D eigenvalue weighted by atomic mass is 35.5. The van der Waals surface area contributed by atoms with Gasteiger partial charge in [-0.1, -0.05) is 43.1 Å². The molecular formula is C14H19Cl2NO2. The maximum absolute atomic E-state index is 12.1. The number of hydrogen-bond acceptors (Lipinski definition) is 2. The molecule has 0 fully saturated rings. The van der Waals surface area contributed by atoms with Crippen molar-refractivity contribution in [1.82, 2.24) is 4.90 Å². The highest BCUT2D eigenvalue weighted by Gasteiger charge is 2.15. The fourth-order valence-corrected chi connectivity index (χ4v) is 2.07. The maximum Gasteiger partial charge on any atom is 0.223 e. The first-order chi connectivity index (χ1) is 8.93. The Morgan fingerprint density at radius 2 is 2.00 bits per heavy atom. The summed E-state index contributed by atoms with van der Waals surface area (Å²) < 4.78 is 0. The van der Waals surface area contributed by atoms with Crippen LogP contribution in [0.4, 0.5) is 0 Å². The van der Waals surface area contributed by atoms with E-state index in [0.717, 1.165) is 5.56 Å². The van der Waals surface area contributed by atoms with E-state index >= 15 is 0 Å². The van der Waals surface area contributed by atoms with Crippen LogP contribution in [0.1, 0.15) is 25.8 Å². The Labute approximate surface area is 124 Å². The van der Waals surface area contributed by atoms with Crippen molar-refractivity contribution in [1.29, 1.82) is 0 Å². The molecule has 0 saturated heterocycles. The standard InChI is InChI=1S/C14H19Cl2NO2/c1-10(2)7-14(19)17(5-6-18)9-11-3-4-12(15)13(16)8-11/h3-4,8,10,18H,5-7,9H2,1-2H3. The monoisotopic (exact) mass is 303 g/mol. The summed E-state index contributed by atoms with van der Waals surface area (Å²) >= 11 is 11.8. The molecule has 0 aliphatic heterocycles. The molecule has 1 aromatic carbocycles. The van der Waals surface area contributed by atoms with Gasteiger partial charge in [0.1, 0.15) is 0 Å². The minimum atomic E-state index is -0.0504. The van der Waals surface area contributed by atoms with Crippen molar-refractivity contribution < 1.29 is 9.90 Å². The average molecular weight is 304 g/mol. The predicted octanol–water partition coefficient (Wildman–Crippen LogP) is 3.36. The van der Waals surface area contributed by atoms with Crippen LogP contribution in [0.2, 0.25) is 10.0 Å². The van der Waals surface area contributed by atoms with Gasteiger partial charge >= 0.3 is 0 Å². The van der Waals surface area contributed by atoms with Crippen LogP contribution >= 0.6 is 23.2 Å². The Morgan fingerprint density at radius 3 is 2.53 bits per heavy atom. The molecule has 1 N–H and O–H groups in total. The molecule has 0 aliphatic carbocycles. The molecule has 106 valence electrons. The van der Waals surface area contributed by atoms with Crippen LogP contribution in [-0.4, -0.2) is 29.1 Å². The normalized spacial score (nSPS) is 10.8. The Morgan fingerprint density at radius 1 is 1.32 bits per heavy atom. The Bertz CT molecular complexity index is 435. The highest BCUT2D eigenvalue weighted by molar-refractivity contribution is 6.42. The predicted molar refractivity (Wildman–Crippen MR) is 78.4 cm³/mol. The van der Waals surface area contributed by atoms with Gasteiger partial charge in [-0.2, -0.15) is 0 Å². The number of rotatable bonds is 6. The largest absolute Gasteiger partial charge is 0.395 e. The van der Waals surface area contributed by atoms with Crippen molar-refractivity contribution in [2.75, 3.05) is 13.2 Å². The molecule has 19 heavy (non-hydrogen) atoms. The number of benzene rings is 1. The number of carbonyl (C=O) groups excluding carboxylic acids is 1. The van der Waals surface area contributed by atoms with E-state index in [4.69, 9.17) is 28.3 Å². The van der Waals surface area contributed by atoms with E-state index in [0.29, 0.717) is 35.5 Å². The molecule has 0 spiro atoms. The third-order valence-corrected chi connectivity index (χ3v) is 3.40. The van der Waals surface area contributed by atoms with Gasteiger partial charge in [0.2, 0.25) is 5.91 Å². The topological polar surface area (TPSA) is 40.5 Å². The zero-order valence-corrected chi connectivity index (χ0v) is 12.7. The van der Waals surface area contributed by atoms with Gasteiger partial charge in [0.05, 0.1) is 16.7 Å². The zero-order valence-electron chi connectivity index (χ0n) is 11.2. The molecule has 0 bridgehead atoms. The fraction of sp³-hybridized carbons (Fsp3) is 0.500. The van der Waals surface area contributed by atoms with Crippen LogP contribution < -0.4 is 0 Å². The maximum atomic E-state index is 12.1. The second-order valence-electron chi connectivity index (χ2n) is 4.89. The molecule has 0 unspecified atom stereocenters. The summed E-state index contributed by atoms with van der Waals surface area (Å²) in [5.41, 5.74) is 0.903. The van der Waals surface area contributed by atoms with Crippen molar-refractivity contribution >= 4 is 29.1 Å². The Balaban J connectivity index is 2.77. The molecular weight excluding hydrogens is 285 g/mol. The van der Waals surface area contributed by atoms with Crippen LogP contribution in [0.25, 0.3) is 0 Å². The molecule has 0 radical (unpaired) electrons. The summed E-state index contributed by atoms with van der Waals surface area (Å²) in [6.45, 7) is 4.70. The van der Waals surface area contributed by atoms with E-state index in [1.54, 1.807) is 17.0 Å². The van der Waals surface area contributed by atoms with Crippen molar-refractivity contribution in [3.05, 3.63) is 33.8 Å². The van der Waals surface area contributed by atoms with E-state index in [1.165, 1.54) is 0 Å². The van der Waals surface area contributed by atoms with Gasteiger partial charge < -0.3 is 10.0 Å². The van der Waals surface area contributed by atoms with Gasteiger partial charge in [-0.15, -0.1) is 0 Å². The molecule has 3 nitrogen and oxygen atoms in total. The van der Waals surface area contributed by atoms with Gasteiger partial charge in [-0.3, -0.25) is 4.79 Å². The molecule has 0 heterocycles. The molecule has 0 saturated carbocycles. The van der Waals surface area contributed by atoms with E-state index in [9.17, 15) is 4.79 Å². The second-order valence-corrected chi connectivity index (χ2v) is 5.70. The van der Waals surface area contributed by atoms with Crippen LogP contribution in [-0.2, 0) is 11.3 Å². The Hall–Kier alpha value is -0.770. The zero-order chi connectivity index (χ0) is 14.4. The van der Waals surface area contributed by atoms with E-state index in [-0.39, 0.29) is 12.5 Å². The fourth-order valence-electron chi connectivity index (χ4n) is 1.75. The number of amides is 1. The summed E-state index contributed by atoms with van der Waals surface area (Å²) in [7, 11) is 0. The summed E-state index contributed by atoms with van der Waals surface area (Å²) in [5.74, 6) is 0.331. The number of hydrogen-bond donors (Lipinski definition) is 1. The molecule has 0 aromatic heterocycles. The molecule has 1 amide bonds. The van der Waals surface area contributed by atoms with Gasteiger partial charge in [0.15, 0.2) is 0 Å². The van der Waals surface area contributed by atoms with E-state index in [1.807, 2.05) is 19.9 Å². The lowest BCUT2D eigenvalue weighted by molar-refractivity contribution is -0.133. The van der Waals surface area contributed by atoms with Crippen LogP contribution in [0.3, 0.4) is 0 Å². The summed E-state index contributed by atoms with van der Waals surface area (Å²) in [6.07, 6.45) is 0.474. The minimum Gasteiger partial charge on any atom is -0.395 e. The number of carbonyl (C=O) groups is 1. The first kappa shape index (κ1) is 16.3. The minimum absolute atomic E-state index is 0.0372. The molecule has 1 rings (SSSR count). The number of nitrogens with zero attached hydrogens (tertiary/aromatic N) is 1. The third-order valence-electron chi connectivity index (χ3n) is 2.66. The lowest BCUT2D eigenvalue weighted by Gasteiger charge is -2.23. The number of halogens is 2. The SMILES string of the molecule is CC(C)CC(=O)N(CCO)Cc1ccc(Cl)c(Cl)c1. The number of aliphatic hydroxyl groups excluding tert-OH is 1. The molecule has 0 aliphatic rings. The number of aliphatic hydroxyl groups is 1. The van der Waals surface area contributed by atoms with Gasteiger partial charge in [-0.05, 0) is 23.6 Å².